The number of nitrogens with one attached hydrogen (secondary N) is 1. The van der Waals surface area contributed by atoms with Gasteiger partial charge in [0.15, 0.2) is 17.5 Å². The van der Waals surface area contributed by atoms with Crippen molar-refractivity contribution in [1.29, 1.82) is 0 Å². The lowest BCUT2D eigenvalue weighted by Gasteiger charge is -2.25. The summed E-state index contributed by atoms with van der Waals surface area (Å²) in [5.41, 5.74) is -0.735. The number of carbonyl (C=O) groups is 3. The molecule has 2 rings (SSSR count). The van der Waals surface area contributed by atoms with E-state index in [1.807, 2.05) is 5.32 Å². The Morgan fingerprint density at radius 2 is 1.63 bits per heavy atom. The van der Waals surface area contributed by atoms with Crippen LogP contribution in [0.15, 0.2) is 12.1 Å². The summed E-state index contributed by atoms with van der Waals surface area (Å²) in [6.07, 6.45) is 0. The molecule has 0 atom stereocenters. The van der Waals surface area contributed by atoms with Crippen molar-refractivity contribution in [3.63, 3.8) is 0 Å². The van der Waals surface area contributed by atoms with Gasteiger partial charge in [-0.15, -0.1) is 0 Å². The number of imide groups is 1. The van der Waals surface area contributed by atoms with Gasteiger partial charge in [-0.3, -0.25) is 19.7 Å². The molecule has 0 aliphatic carbocycles. The van der Waals surface area contributed by atoms with Gasteiger partial charge in [0.2, 0.25) is 11.8 Å². The first kappa shape index (κ1) is 13.1. The summed E-state index contributed by atoms with van der Waals surface area (Å²) >= 11 is 0. The minimum atomic E-state index is -1.78. The zero-order valence-electron chi connectivity index (χ0n) is 9.37. The second kappa shape index (κ2) is 4.71. The van der Waals surface area contributed by atoms with Gasteiger partial charge in [-0.1, -0.05) is 0 Å². The van der Waals surface area contributed by atoms with Crippen LogP contribution >= 0.6 is 0 Å². The number of amides is 3. The lowest BCUT2D eigenvalue weighted by Crippen LogP contribution is -2.53. The molecule has 0 bridgehead atoms. The highest BCUT2D eigenvalue weighted by Crippen LogP contribution is 2.17. The second-order valence-electron chi connectivity index (χ2n) is 3.86. The molecule has 0 spiro atoms. The third-order valence-electron chi connectivity index (χ3n) is 2.50. The molecule has 1 heterocycles. The average molecular weight is 272 g/mol. The molecule has 5 nitrogen and oxygen atoms in total. The number of hydrogen-bond acceptors (Lipinski definition) is 3. The number of hydrogen-bond donors (Lipinski definition) is 1. The van der Waals surface area contributed by atoms with Crippen LogP contribution in [0.5, 0.6) is 0 Å². The number of carbonyl (C=O) groups excluding carboxylic acids is 3. The summed E-state index contributed by atoms with van der Waals surface area (Å²) in [7, 11) is 0. The van der Waals surface area contributed by atoms with E-state index in [0.29, 0.717) is 6.07 Å². The van der Waals surface area contributed by atoms with Crippen LogP contribution in [-0.4, -0.2) is 35.7 Å². The first-order valence-corrected chi connectivity index (χ1v) is 5.15. The molecule has 0 saturated carbocycles. The van der Waals surface area contributed by atoms with Gasteiger partial charge in [-0.2, -0.15) is 0 Å². The summed E-state index contributed by atoms with van der Waals surface area (Å²) < 4.78 is 39.2. The molecule has 1 N–H and O–H groups in total. The van der Waals surface area contributed by atoms with E-state index < -0.39 is 53.8 Å². The highest BCUT2D eigenvalue weighted by molar-refractivity contribution is 6.05. The van der Waals surface area contributed by atoms with Gasteiger partial charge >= 0.3 is 0 Å². The molecule has 1 aliphatic heterocycles. The van der Waals surface area contributed by atoms with Crippen molar-refractivity contribution in [3.05, 3.63) is 35.1 Å². The molecule has 19 heavy (non-hydrogen) atoms. The summed E-state index contributed by atoms with van der Waals surface area (Å²) in [5, 5.41) is 1.95. The molecule has 0 unspecified atom stereocenters. The van der Waals surface area contributed by atoms with E-state index in [0.717, 1.165) is 11.0 Å². The van der Waals surface area contributed by atoms with Gasteiger partial charge in [0, 0.05) is 0 Å². The fourth-order valence-electron chi connectivity index (χ4n) is 1.64. The summed E-state index contributed by atoms with van der Waals surface area (Å²) in [5.74, 6) is -7.37. The Morgan fingerprint density at radius 1 is 1.05 bits per heavy atom. The van der Waals surface area contributed by atoms with Crippen molar-refractivity contribution in [2.24, 2.45) is 0 Å². The number of piperazine rings is 1. The Kier molecular flexibility index (Phi) is 3.24. The molecule has 1 aliphatic rings. The smallest absolute Gasteiger partial charge is 0.257 e. The van der Waals surface area contributed by atoms with Gasteiger partial charge in [0.25, 0.3) is 5.91 Å². The van der Waals surface area contributed by atoms with Crippen molar-refractivity contribution in [2.75, 3.05) is 13.1 Å². The molecule has 1 fully saturated rings. The van der Waals surface area contributed by atoms with Crippen LogP contribution in [0.4, 0.5) is 13.2 Å². The molecule has 1 aromatic rings. The molecule has 1 aromatic carbocycles. The average Bonchev–Trinajstić information content (AvgIpc) is 2.34. The molecular formula is C11H7F3N2O3. The maximum atomic E-state index is 13.4. The van der Waals surface area contributed by atoms with Crippen LogP contribution in [0, 0.1) is 17.5 Å². The van der Waals surface area contributed by atoms with Gasteiger partial charge in [-0.25, -0.2) is 13.2 Å². The molecule has 0 aromatic heterocycles. The molecule has 1 saturated heterocycles. The summed E-state index contributed by atoms with van der Waals surface area (Å²) in [4.78, 5) is 34.7. The molecule has 3 amide bonds. The molecule has 100 valence electrons. The van der Waals surface area contributed by atoms with Gasteiger partial charge in [0.05, 0.1) is 5.56 Å². The van der Waals surface area contributed by atoms with Crippen molar-refractivity contribution < 1.29 is 27.6 Å². The Bertz CT molecular complexity index is 573. The monoisotopic (exact) mass is 272 g/mol. The predicted molar refractivity (Wildman–Crippen MR) is 55.4 cm³/mol. The standard InChI is InChI=1S/C11H7F3N2O3/c12-6-2-1-5(9(13)10(6)14)11(19)16-3-7(17)15-8(18)4-16/h1-2H,3-4H2,(H,15,17,18). The van der Waals surface area contributed by atoms with E-state index >= 15 is 0 Å². The lowest BCUT2D eigenvalue weighted by molar-refractivity contribution is -0.135. The maximum Gasteiger partial charge on any atom is 0.257 e. The van der Waals surface area contributed by atoms with E-state index in [4.69, 9.17) is 0 Å². The Hall–Kier alpha value is -2.38. The highest BCUT2D eigenvalue weighted by atomic mass is 19.2. The van der Waals surface area contributed by atoms with Crippen LogP contribution in [-0.2, 0) is 9.59 Å². The largest absolute Gasteiger partial charge is 0.320 e. The SMILES string of the molecule is O=C1CN(C(=O)c2ccc(F)c(F)c2F)CC(=O)N1. The fourth-order valence-corrected chi connectivity index (χ4v) is 1.64. The number of nitrogens with zero attached hydrogens (tertiary/aromatic N) is 1. The third-order valence-corrected chi connectivity index (χ3v) is 2.50. The van der Waals surface area contributed by atoms with E-state index in [-0.39, 0.29) is 0 Å². The molecule has 8 heteroatoms. The zero-order chi connectivity index (χ0) is 14.2. The van der Waals surface area contributed by atoms with Crippen molar-refractivity contribution in [2.45, 2.75) is 0 Å². The minimum Gasteiger partial charge on any atom is -0.320 e. The first-order chi connectivity index (χ1) is 8.90. The minimum absolute atomic E-state index is 0.455. The third kappa shape index (κ3) is 2.42. The zero-order valence-corrected chi connectivity index (χ0v) is 9.37. The van der Waals surface area contributed by atoms with E-state index in [9.17, 15) is 27.6 Å². The molecule has 0 radical (unpaired) electrons. The van der Waals surface area contributed by atoms with Crippen LogP contribution in [0.25, 0.3) is 0 Å². The van der Waals surface area contributed by atoms with Crippen molar-refractivity contribution in [1.82, 2.24) is 10.2 Å². The van der Waals surface area contributed by atoms with Crippen LogP contribution in [0.3, 0.4) is 0 Å². The summed E-state index contributed by atoms with van der Waals surface area (Å²) in [6.45, 7) is -0.911. The number of benzene rings is 1. The van der Waals surface area contributed by atoms with E-state index in [2.05, 4.69) is 0 Å². The number of halogens is 3. The Labute approximate surface area is 105 Å². The van der Waals surface area contributed by atoms with E-state index in [1.165, 1.54) is 0 Å². The fraction of sp³-hybridized carbons (Fsp3) is 0.182. The summed E-state index contributed by atoms with van der Waals surface area (Å²) in [6, 6.07) is 1.35. The van der Waals surface area contributed by atoms with Gasteiger partial charge in [0.1, 0.15) is 13.1 Å². The Balaban J connectivity index is 2.32. The first-order valence-electron chi connectivity index (χ1n) is 5.15. The maximum absolute atomic E-state index is 13.4. The van der Waals surface area contributed by atoms with Crippen molar-refractivity contribution >= 4 is 17.7 Å². The van der Waals surface area contributed by atoms with Crippen LogP contribution in [0.2, 0.25) is 0 Å². The topological polar surface area (TPSA) is 66.5 Å². The highest BCUT2D eigenvalue weighted by Gasteiger charge is 2.29. The number of rotatable bonds is 1. The van der Waals surface area contributed by atoms with Gasteiger partial charge in [-0.05, 0) is 12.1 Å². The second-order valence-corrected chi connectivity index (χ2v) is 3.86. The van der Waals surface area contributed by atoms with Crippen LogP contribution < -0.4 is 5.32 Å². The normalized spacial score (nSPS) is 15.4. The predicted octanol–water partition coefficient (Wildman–Crippen LogP) is 0.203. The molecular weight excluding hydrogens is 265 g/mol. The quantitative estimate of drug-likeness (QED) is 0.586. The van der Waals surface area contributed by atoms with E-state index in [1.54, 1.807) is 0 Å². The van der Waals surface area contributed by atoms with Crippen molar-refractivity contribution in [3.8, 4) is 0 Å². The van der Waals surface area contributed by atoms with Crippen LogP contribution in [0.1, 0.15) is 10.4 Å². The Morgan fingerprint density at radius 3 is 2.21 bits per heavy atom. The van der Waals surface area contributed by atoms with Gasteiger partial charge < -0.3 is 4.90 Å². The lowest BCUT2D eigenvalue weighted by atomic mass is 10.1.